The minimum Gasteiger partial charge on any atom is -0.325 e. The Hall–Kier alpha value is -0.620. The second kappa shape index (κ2) is 3.20. The highest BCUT2D eigenvalue weighted by atomic mass is 32.2. The van der Waals surface area contributed by atoms with Crippen molar-refractivity contribution in [2.45, 2.75) is 37.3 Å². The normalized spacial score (nSPS) is 32.2. The third-order valence-electron chi connectivity index (χ3n) is 3.97. The van der Waals surface area contributed by atoms with Crippen LogP contribution in [0.2, 0.25) is 0 Å². The van der Waals surface area contributed by atoms with E-state index in [4.69, 9.17) is 0 Å². The zero-order valence-electron chi connectivity index (χ0n) is 9.11. The molecule has 0 bridgehead atoms. The average molecular weight is 244 g/mol. The Labute approximate surface area is 95.1 Å². The Balaban J connectivity index is 1.69. The van der Waals surface area contributed by atoms with E-state index in [1.54, 1.807) is 0 Å². The van der Waals surface area contributed by atoms with Crippen molar-refractivity contribution in [2.24, 2.45) is 0 Å². The molecule has 5 nitrogen and oxygen atoms in total. The largest absolute Gasteiger partial charge is 0.325 e. The second-order valence-corrected chi connectivity index (χ2v) is 7.38. The van der Waals surface area contributed by atoms with Crippen LogP contribution in [0.4, 0.5) is 0 Å². The van der Waals surface area contributed by atoms with Gasteiger partial charge in [-0.3, -0.25) is 10.1 Å². The maximum atomic E-state index is 12.1. The Morgan fingerprint density at radius 3 is 2.38 bits per heavy atom. The lowest BCUT2D eigenvalue weighted by molar-refractivity contribution is -0.131. The van der Waals surface area contributed by atoms with Crippen molar-refractivity contribution in [1.82, 2.24) is 10.2 Å². The summed E-state index contributed by atoms with van der Waals surface area (Å²) in [7, 11) is -2.83. The Morgan fingerprint density at radius 2 is 1.88 bits per heavy atom. The summed E-state index contributed by atoms with van der Waals surface area (Å²) in [6, 6.07) is 0.128. The number of rotatable bonds is 1. The van der Waals surface area contributed by atoms with Crippen LogP contribution in [-0.2, 0) is 14.6 Å². The molecule has 3 aliphatic rings. The number of carbonyl (C=O) groups excluding carboxylic acids is 1. The smallest absolute Gasteiger partial charge is 0.244 e. The quantitative estimate of drug-likeness (QED) is 0.674. The molecule has 0 unspecified atom stereocenters. The topological polar surface area (TPSA) is 66.5 Å². The summed E-state index contributed by atoms with van der Waals surface area (Å²) in [6.07, 6.45) is 3.08. The molecule has 2 heterocycles. The molecule has 6 heteroatoms. The Kier molecular flexibility index (Phi) is 2.10. The van der Waals surface area contributed by atoms with Crippen LogP contribution < -0.4 is 5.32 Å². The minimum atomic E-state index is -2.83. The number of hydrogen-bond acceptors (Lipinski definition) is 4. The lowest BCUT2D eigenvalue weighted by atomic mass is 10.1. The van der Waals surface area contributed by atoms with E-state index >= 15 is 0 Å². The molecule has 0 atom stereocenters. The third kappa shape index (κ3) is 1.55. The van der Waals surface area contributed by atoms with Crippen LogP contribution in [0.15, 0.2) is 0 Å². The SMILES string of the molecule is O=C1N(C2CCS(=O)(=O)CC2)CNC12CC2. The predicted molar refractivity (Wildman–Crippen MR) is 58.5 cm³/mol. The van der Waals surface area contributed by atoms with E-state index in [-0.39, 0.29) is 29.0 Å². The second-order valence-electron chi connectivity index (χ2n) is 5.07. The van der Waals surface area contributed by atoms with E-state index in [1.807, 2.05) is 4.90 Å². The summed E-state index contributed by atoms with van der Waals surface area (Å²) in [5.74, 6) is 0.653. The highest BCUT2D eigenvalue weighted by Crippen LogP contribution is 2.41. The number of carbonyl (C=O) groups is 1. The summed E-state index contributed by atoms with van der Waals surface area (Å²) >= 11 is 0. The molecule has 0 aromatic rings. The highest BCUT2D eigenvalue weighted by molar-refractivity contribution is 7.91. The number of nitrogens with zero attached hydrogens (tertiary/aromatic N) is 1. The Morgan fingerprint density at radius 1 is 1.25 bits per heavy atom. The van der Waals surface area contributed by atoms with Gasteiger partial charge in [-0.1, -0.05) is 0 Å². The van der Waals surface area contributed by atoms with E-state index in [0.717, 1.165) is 12.8 Å². The predicted octanol–water partition coefficient (Wildman–Crippen LogP) is -0.514. The lowest BCUT2D eigenvalue weighted by Crippen LogP contribution is -2.43. The van der Waals surface area contributed by atoms with Crippen molar-refractivity contribution in [3.63, 3.8) is 0 Å². The van der Waals surface area contributed by atoms with E-state index in [2.05, 4.69) is 5.32 Å². The summed E-state index contributed by atoms with van der Waals surface area (Å²) < 4.78 is 22.6. The summed E-state index contributed by atoms with van der Waals surface area (Å²) in [5.41, 5.74) is -0.254. The number of amides is 1. The molecule has 0 aromatic carbocycles. The van der Waals surface area contributed by atoms with Crippen LogP contribution in [0.3, 0.4) is 0 Å². The monoisotopic (exact) mass is 244 g/mol. The molecule has 1 aliphatic carbocycles. The third-order valence-corrected chi connectivity index (χ3v) is 5.69. The van der Waals surface area contributed by atoms with Gasteiger partial charge in [-0.2, -0.15) is 0 Å². The van der Waals surface area contributed by atoms with E-state index in [1.165, 1.54) is 0 Å². The van der Waals surface area contributed by atoms with Crippen molar-refractivity contribution >= 4 is 15.7 Å². The molecule has 2 aliphatic heterocycles. The van der Waals surface area contributed by atoms with Gasteiger partial charge in [-0.15, -0.1) is 0 Å². The van der Waals surface area contributed by atoms with Gasteiger partial charge in [-0.05, 0) is 25.7 Å². The van der Waals surface area contributed by atoms with Gasteiger partial charge < -0.3 is 4.90 Å². The maximum absolute atomic E-state index is 12.1. The highest BCUT2D eigenvalue weighted by Gasteiger charge is 2.56. The molecule has 1 saturated carbocycles. The van der Waals surface area contributed by atoms with Crippen molar-refractivity contribution in [3.05, 3.63) is 0 Å². The van der Waals surface area contributed by atoms with Crippen LogP contribution in [0.5, 0.6) is 0 Å². The Bertz CT molecular complexity index is 413. The first-order valence-corrected chi connectivity index (χ1v) is 7.61. The zero-order valence-corrected chi connectivity index (χ0v) is 9.92. The van der Waals surface area contributed by atoms with Gasteiger partial charge >= 0.3 is 0 Å². The van der Waals surface area contributed by atoms with Crippen LogP contribution >= 0.6 is 0 Å². The fourth-order valence-electron chi connectivity index (χ4n) is 2.66. The van der Waals surface area contributed by atoms with E-state index in [9.17, 15) is 13.2 Å². The molecule has 1 amide bonds. The van der Waals surface area contributed by atoms with Crippen molar-refractivity contribution < 1.29 is 13.2 Å². The van der Waals surface area contributed by atoms with E-state index in [0.29, 0.717) is 19.5 Å². The van der Waals surface area contributed by atoms with Gasteiger partial charge in [0.05, 0.1) is 23.7 Å². The van der Waals surface area contributed by atoms with Crippen molar-refractivity contribution in [2.75, 3.05) is 18.2 Å². The molecule has 3 rings (SSSR count). The van der Waals surface area contributed by atoms with Gasteiger partial charge in [0.25, 0.3) is 0 Å². The minimum absolute atomic E-state index is 0.128. The van der Waals surface area contributed by atoms with Crippen LogP contribution in [0, 0.1) is 0 Å². The lowest BCUT2D eigenvalue weighted by Gasteiger charge is -2.30. The summed E-state index contributed by atoms with van der Waals surface area (Å²) in [6.45, 7) is 0.601. The van der Waals surface area contributed by atoms with Gasteiger partial charge in [0.2, 0.25) is 5.91 Å². The van der Waals surface area contributed by atoms with Gasteiger partial charge in [-0.25, -0.2) is 8.42 Å². The average Bonchev–Trinajstić information content (AvgIpc) is 2.94. The van der Waals surface area contributed by atoms with Gasteiger partial charge in [0.1, 0.15) is 9.84 Å². The molecule has 90 valence electrons. The fourth-order valence-corrected chi connectivity index (χ4v) is 4.13. The first-order valence-electron chi connectivity index (χ1n) is 5.79. The summed E-state index contributed by atoms with van der Waals surface area (Å²) in [4.78, 5) is 13.9. The first kappa shape index (κ1) is 10.5. The molecule has 3 fully saturated rings. The van der Waals surface area contributed by atoms with Crippen molar-refractivity contribution in [1.29, 1.82) is 0 Å². The molecule has 1 N–H and O–H groups in total. The fraction of sp³-hybridized carbons (Fsp3) is 0.900. The molecular formula is C10H16N2O3S. The van der Waals surface area contributed by atoms with Crippen molar-refractivity contribution in [3.8, 4) is 0 Å². The maximum Gasteiger partial charge on any atom is 0.244 e. The molecule has 2 saturated heterocycles. The standard InChI is InChI=1S/C10H16N2O3S/c13-9-10(3-4-10)11-7-12(9)8-1-5-16(14,15)6-2-8/h8,11H,1-7H2. The van der Waals surface area contributed by atoms with Crippen LogP contribution in [0.25, 0.3) is 0 Å². The molecular weight excluding hydrogens is 228 g/mol. The van der Waals surface area contributed by atoms with Gasteiger partial charge in [0.15, 0.2) is 0 Å². The summed E-state index contributed by atoms with van der Waals surface area (Å²) in [5, 5.41) is 3.25. The molecule has 0 radical (unpaired) electrons. The van der Waals surface area contributed by atoms with Crippen LogP contribution in [0.1, 0.15) is 25.7 Å². The van der Waals surface area contributed by atoms with E-state index < -0.39 is 9.84 Å². The number of sulfone groups is 1. The number of hydrogen-bond donors (Lipinski definition) is 1. The molecule has 16 heavy (non-hydrogen) atoms. The molecule has 0 aromatic heterocycles. The van der Waals surface area contributed by atoms with Gasteiger partial charge in [0, 0.05) is 6.04 Å². The molecule has 1 spiro atoms. The van der Waals surface area contributed by atoms with Crippen LogP contribution in [-0.4, -0.2) is 49.0 Å². The zero-order chi connectivity index (χ0) is 11.4. The first-order chi connectivity index (χ1) is 7.53. The number of nitrogens with one attached hydrogen (secondary N) is 1.